The van der Waals surface area contributed by atoms with Gasteiger partial charge in [-0.25, -0.2) is 9.78 Å². The average molecular weight is 383 g/mol. The Bertz CT molecular complexity index is 877. The second-order valence-corrected chi connectivity index (χ2v) is 6.63. The monoisotopic (exact) mass is 383 g/mol. The first-order chi connectivity index (χ1) is 12.7. The Morgan fingerprint density at radius 3 is 2.78 bits per heavy atom. The standard InChI is InChI=1S/C17H20F3N5O2/c1-24-13-5-4-11(17(18,19)20)7-12(13)23-14(24)8-22-15(26)10-3-2-6-25(9-10)16(21)27/h4-5,7,10H,2-3,6,8-9H2,1H3,(H2,21,27)(H,22,26)/t10-/m0/s1. The molecule has 27 heavy (non-hydrogen) atoms. The van der Waals surface area contributed by atoms with E-state index in [0.29, 0.717) is 30.7 Å². The molecular formula is C17H20F3N5O2. The van der Waals surface area contributed by atoms with Gasteiger partial charge in [0, 0.05) is 20.1 Å². The fourth-order valence-corrected chi connectivity index (χ4v) is 3.29. The third-order valence-corrected chi connectivity index (χ3v) is 4.83. The highest BCUT2D eigenvalue weighted by atomic mass is 19.4. The van der Waals surface area contributed by atoms with Crippen LogP contribution in [0.2, 0.25) is 0 Å². The largest absolute Gasteiger partial charge is 0.416 e. The number of benzene rings is 1. The molecule has 1 saturated heterocycles. The van der Waals surface area contributed by atoms with Gasteiger partial charge < -0.3 is 20.5 Å². The molecule has 10 heteroatoms. The van der Waals surface area contributed by atoms with Crippen LogP contribution in [-0.4, -0.2) is 39.5 Å². The van der Waals surface area contributed by atoms with Gasteiger partial charge in [-0.3, -0.25) is 4.79 Å². The summed E-state index contributed by atoms with van der Waals surface area (Å²) in [5, 5.41) is 2.75. The number of imidazole rings is 1. The number of amides is 3. The third-order valence-electron chi connectivity index (χ3n) is 4.83. The number of aromatic nitrogens is 2. The van der Waals surface area contributed by atoms with Gasteiger partial charge in [-0.2, -0.15) is 13.2 Å². The highest BCUT2D eigenvalue weighted by Crippen LogP contribution is 2.31. The van der Waals surface area contributed by atoms with Gasteiger partial charge >= 0.3 is 12.2 Å². The molecule has 0 saturated carbocycles. The van der Waals surface area contributed by atoms with Crippen LogP contribution < -0.4 is 11.1 Å². The summed E-state index contributed by atoms with van der Waals surface area (Å²) < 4.78 is 40.2. The molecule has 0 spiro atoms. The number of carbonyl (C=O) groups excluding carboxylic acids is 2. The molecule has 2 heterocycles. The molecule has 3 N–H and O–H groups in total. The Morgan fingerprint density at radius 2 is 2.11 bits per heavy atom. The SMILES string of the molecule is Cn1c(CNC(=O)[C@H]2CCCN(C(N)=O)C2)nc2cc(C(F)(F)F)ccc21. The Balaban J connectivity index is 1.70. The van der Waals surface area contributed by atoms with Crippen LogP contribution in [0.5, 0.6) is 0 Å². The van der Waals surface area contributed by atoms with Gasteiger partial charge in [0.2, 0.25) is 5.91 Å². The lowest BCUT2D eigenvalue weighted by atomic mass is 9.97. The number of alkyl halides is 3. The topological polar surface area (TPSA) is 93.3 Å². The van der Waals surface area contributed by atoms with E-state index in [2.05, 4.69) is 10.3 Å². The van der Waals surface area contributed by atoms with Crippen LogP contribution >= 0.6 is 0 Å². The fourth-order valence-electron chi connectivity index (χ4n) is 3.29. The van der Waals surface area contributed by atoms with E-state index < -0.39 is 17.8 Å². The van der Waals surface area contributed by atoms with E-state index in [4.69, 9.17) is 5.73 Å². The van der Waals surface area contributed by atoms with Crippen molar-refractivity contribution in [3.8, 4) is 0 Å². The molecule has 1 atom stereocenters. The van der Waals surface area contributed by atoms with Crippen molar-refractivity contribution in [3.05, 3.63) is 29.6 Å². The number of piperidine rings is 1. The zero-order valence-corrected chi connectivity index (χ0v) is 14.7. The Labute approximate surface area is 153 Å². The van der Waals surface area contributed by atoms with E-state index in [1.165, 1.54) is 11.0 Å². The van der Waals surface area contributed by atoms with Crippen molar-refractivity contribution in [2.75, 3.05) is 13.1 Å². The number of carbonyl (C=O) groups is 2. The van der Waals surface area contributed by atoms with E-state index in [-0.39, 0.29) is 30.4 Å². The molecule has 146 valence electrons. The molecule has 0 aliphatic carbocycles. The molecule has 7 nitrogen and oxygen atoms in total. The molecule has 1 aromatic heterocycles. The molecule has 2 aromatic rings. The van der Waals surface area contributed by atoms with Gasteiger partial charge in [-0.1, -0.05) is 0 Å². The van der Waals surface area contributed by atoms with E-state index >= 15 is 0 Å². The normalized spacial score (nSPS) is 17.9. The van der Waals surface area contributed by atoms with Crippen molar-refractivity contribution in [3.63, 3.8) is 0 Å². The minimum absolute atomic E-state index is 0.0818. The minimum Gasteiger partial charge on any atom is -0.351 e. The fraction of sp³-hybridized carbons (Fsp3) is 0.471. The highest BCUT2D eigenvalue weighted by molar-refractivity contribution is 5.81. The molecule has 0 unspecified atom stereocenters. The first-order valence-corrected chi connectivity index (χ1v) is 8.51. The predicted octanol–water partition coefficient (Wildman–Crippen LogP) is 2.00. The van der Waals surface area contributed by atoms with Gasteiger partial charge in [0.1, 0.15) is 5.82 Å². The molecule has 3 rings (SSSR count). The Kier molecular flexibility index (Phi) is 4.99. The molecule has 3 amide bonds. The number of aryl methyl sites for hydroxylation is 1. The van der Waals surface area contributed by atoms with Crippen molar-refractivity contribution in [1.29, 1.82) is 0 Å². The van der Waals surface area contributed by atoms with Crippen LogP contribution in [0.4, 0.5) is 18.0 Å². The molecule has 0 bridgehead atoms. The van der Waals surface area contributed by atoms with Crippen LogP contribution in [-0.2, 0) is 24.6 Å². The first-order valence-electron chi connectivity index (χ1n) is 8.51. The van der Waals surface area contributed by atoms with E-state index in [1.54, 1.807) is 11.6 Å². The highest BCUT2D eigenvalue weighted by Gasteiger charge is 2.31. The van der Waals surface area contributed by atoms with Crippen LogP contribution in [0.25, 0.3) is 11.0 Å². The summed E-state index contributed by atoms with van der Waals surface area (Å²) in [5.41, 5.74) is 5.26. The van der Waals surface area contributed by atoms with Crippen molar-refractivity contribution < 1.29 is 22.8 Å². The molecule has 0 radical (unpaired) electrons. The van der Waals surface area contributed by atoms with E-state index in [0.717, 1.165) is 12.1 Å². The summed E-state index contributed by atoms with van der Waals surface area (Å²) in [5.74, 6) is -0.151. The number of hydrogen-bond acceptors (Lipinski definition) is 3. The zero-order chi connectivity index (χ0) is 19.8. The number of halogens is 3. The number of nitrogens with two attached hydrogens (primary N) is 1. The van der Waals surface area contributed by atoms with Crippen molar-refractivity contribution >= 4 is 23.0 Å². The summed E-state index contributed by atoms with van der Waals surface area (Å²) in [6.45, 7) is 0.877. The van der Waals surface area contributed by atoms with Gasteiger partial charge in [0.15, 0.2) is 0 Å². The van der Waals surface area contributed by atoms with E-state index in [9.17, 15) is 22.8 Å². The van der Waals surface area contributed by atoms with Crippen molar-refractivity contribution in [2.45, 2.75) is 25.6 Å². The minimum atomic E-state index is -4.44. The van der Waals surface area contributed by atoms with Crippen LogP contribution in [0, 0.1) is 5.92 Å². The summed E-state index contributed by atoms with van der Waals surface area (Å²) in [7, 11) is 1.68. The number of fused-ring (bicyclic) bond motifs is 1. The quantitative estimate of drug-likeness (QED) is 0.849. The maximum absolute atomic E-state index is 12.8. The molecule has 1 fully saturated rings. The second-order valence-electron chi connectivity index (χ2n) is 6.63. The zero-order valence-electron chi connectivity index (χ0n) is 14.7. The number of likely N-dealkylation sites (tertiary alicyclic amines) is 1. The van der Waals surface area contributed by atoms with Crippen LogP contribution in [0.15, 0.2) is 18.2 Å². The lowest BCUT2D eigenvalue weighted by Crippen LogP contribution is -2.47. The van der Waals surface area contributed by atoms with Gasteiger partial charge in [0.25, 0.3) is 0 Å². The second kappa shape index (κ2) is 7.09. The summed E-state index contributed by atoms with van der Waals surface area (Å²) >= 11 is 0. The van der Waals surface area contributed by atoms with Crippen molar-refractivity contribution in [1.82, 2.24) is 19.8 Å². The molecular weight excluding hydrogens is 363 g/mol. The molecule has 1 aliphatic heterocycles. The van der Waals surface area contributed by atoms with E-state index in [1.807, 2.05) is 0 Å². The van der Waals surface area contributed by atoms with Crippen LogP contribution in [0.1, 0.15) is 24.2 Å². The third kappa shape index (κ3) is 3.99. The number of urea groups is 1. The number of nitrogens with zero attached hydrogens (tertiary/aromatic N) is 3. The number of rotatable bonds is 3. The Hall–Kier alpha value is -2.78. The summed E-state index contributed by atoms with van der Waals surface area (Å²) in [6.07, 6.45) is -3.10. The maximum atomic E-state index is 12.8. The lowest BCUT2D eigenvalue weighted by molar-refractivity contribution is -0.137. The number of primary amides is 1. The molecule has 1 aliphatic rings. The maximum Gasteiger partial charge on any atom is 0.416 e. The van der Waals surface area contributed by atoms with Crippen molar-refractivity contribution in [2.24, 2.45) is 18.7 Å². The van der Waals surface area contributed by atoms with Crippen LogP contribution in [0.3, 0.4) is 0 Å². The van der Waals surface area contributed by atoms with Gasteiger partial charge in [0.05, 0.1) is 29.1 Å². The smallest absolute Gasteiger partial charge is 0.351 e. The van der Waals surface area contributed by atoms with Gasteiger partial charge in [-0.15, -0.1) is 0 Å². The first kappa shape index (κ1) is 19.0. The summed E-state index contributed by atoms with van der Waals surface area (Å²) in [6, 6.07) is 2.81. The Morgan fingerprint density at radius 1 is 1.37 bits per heavy atom. The summed E-state index contributed by atoms with van der Waals surface area (Å²) in [4.78, 5) is 29.3. The molecule has 1 aromatic carbocycles. The number of hydrogen-bond donors (Lipinski definition) is 2. The average Bonchev–Trinajstić information content (AvgIpc) is 2.94. The van der Waals surface area contributed by atoms with Gasteiger partial charge in [-0.05, 0) is 31.0 Å². The number of nitrogens with one attached hydrogen (secondary N) is 1. The predicted molar refractivity (Wildman–Crippen MR) is 91.4 cm³/mol. The lowest BCUT2D eigenvalue weighted by Gasteiger charge is -2.30.